The molecular weight excluding hydrogens is 255 g/mol. The molecule has 0 atom stereocenters. The zero-order valence-electron chi connectivity index (χ0n) is 6.37. The highest BCUT2D eigenvalue weighted by Crippen LogP contribution is 2.14. The standard InChI is InChI=1S/C6H9IN4/c1-4-3-5(11(2)7)10-6(8)9-4/h3H,1-2H3,(H2,8,9,10). The molecule has 0 aliphatic rings. The first-order valence-corrected chi connectivity index (χ1v) is 4.07. The summed E-state index contributed by atoms with van der Waals surface area (Å²) < 4.78 is 1.86. The van der Waals surface area contributed by atoms with E-state index in [4.69, 9.17) is 5.73 Å². The molecule has 1 heterocycles. The number of nitrogens with zero attached hydrogens (tertiary/aromatic N) is 3. The fourth-order valence-corrected chi connectivity index (χ4v) is 0.979. The molecule has 1 rings (SSSR count). The van der Waals surface area contributed by atoms with Crippen molar-refractivity contribution in [3.63, 3.8) is 0 Å². The molecule has 11 heavy (non-hydrogen) atoms. The lowest BCUT2D eigenvalue weighted by Crippen LogP contribution is -2.06. The Morgan fingerprint density at radius 1 is 1.55 bits per heavy atom. The number of hydrogen-bond acceptors (Lipinski definition) is 4. The van der Waals surface area contributed by atoms with Crippen LogP contribution >= 0.6 is 22.9 Å². The summed E-state index contributed by atoms with van der Waals surface area (Å²) in [5, 5.41) is 0. The van der Waals surface area contributed by atoms with E-state index in [0.717, 1.165) is 11.5 Å². The Kier molecular flexibility index (Phi) is 2.48. The van der Waals surface area contributed by atoms with Crippen LogP contribution in [-0.2, 0) is 0 Å². The van der Waals surface area contributed by atoms with Crippen molar-refractivity contribution in [2.24, 2.45) is 0 Å². The first kappa shape index (κ1) is 8.51. The second kappa shape index (κ2) is 3.21. The molecule has 0 aliphatic carbocycles. The van der Waals surface area contributed by atoms with Gasteiger partial charge in [0.15, 0.2) is 0 Å². The van der Waals surface area contributed by atoms with Gasteiger partial charge in [-0.1, -0.05) is 0 Å². The topological polar surface area (TPSA) is 55.0 Å². The van der Waals surface area contributed by atoms with E-state index in [0.29, 0.717) is 5.95 Å². The maximum atomic E-state index is 5.44. The van der Waals surface area contributed by atoms with Gasteiger partial charge in [0.2, 0.25) is 5.95 Å². The Morgan fingerprint density at radius 3 is 2.64 bits per heavy atom. The van der Waals surface area contributed by atoms with Crippen molar-refractivity contribution in [2.75, 3.05) is 15.9 Å². The molecule has 5 heteroatoms. The van der Waals surface area contributed by atoms with Crippen LogP contribution in [0, 0.1) is 6.92 Å². The second-order valence-corrected chi connectivity index (χ2v) is 3.65. The highest BCUT2D eigenvalue weighted by atomic mass is 127. The van der Waals surface area contributed by atoms with E-state index in [1.54, 1.807) is 0 Å². The number of anilines is 2. The van der Waals surface area contributed by atoms with Crippen LogP contribution in [0.2, 0.25) is 0 Å². The third kappa shape index (κ3) is 2.18. The minimum atomic E-state index is 0.323. The molecule has 0 aliphatic heterocycles. The van der Waals surface area contributed by atoms with Crippen LogP contribution in [0.25, 0.3) is 0 Å². The minimum Gasteiger partial charge on any atom is -0.368 e. The Bertz CT molecular complexity index is 241. The summed E-state index contributed by atoms with van der Waals surface area (Å²) in [4.78, 5) is 7.97. The van der Waals surface area contributed by atoms with Crippen molar-refractivity contribution < 1.29 is 0 Å². The molecule has 1 aromatic heterocycles. The van der Waals surface area contributed by atoms with Gasteiger partial charge in [0.05, 0.1) is 22.9 Å². The Balaban J connectivity index is 3.08. The van der Waals surface area contributed by atoms with Gasteiger partial charge in [-0.25, -0.2) is 4.98 Å². The predicted molar refractivity (Wildman–Crippen MR) is 53.6 cm³/mol. The Hall–Kier alpha value is -0.590. The van der Waals surface area contributed by atoms with E-state index in [2.05, 4.69) is 32.8 Å². The third-order valence-electron chi connectivity index (χ3n) is 1.17. The largest absolute Gasteiger partial charge is 0.368 e. The van der Waals surface area contributed by atoms with E-state index in [1.807, 2.05) is 23.2 Å². The van der Waals surface area contributed by atoms with Gasteiger partial charge in [0, 0.05) is 18.8 Å². The molecule has 0 saturated carbocycles. The molecule has 0 aromatic carbocycles. The highest BCUT2D eigenvalue weighted by molar-refractivity contribution is 14.1. The van der Waals surface area contributed by atoms with Crippen molar-refractivity contribution in [3.05, 3.63) is 11.8 Å². The Labute approximate surface area is 79.3 Å². The van der Waals surface area contributed by atoms with Gasteiger partial charge in [-0.05, 0) is 6.92 Å². The van der Waals surface area contributed by atoms with Gasteiger partial charge in [0.25, 0.3) is 0 Å². The Morgan fingerprint density at radius 2 is 2.18 bits per heavy atom. The summed E-state index contributed by atoms with van der Waals surface area (Å²) in [7, 11) is 1.90. The lowest BCUT2D eigenvalue weighted by Gasteiger charge is -2.08. The van der Waals surface area contributed by atoms with E-state index >= 15 is 0 Å². The number of halogens is 1. The number of aryl methyl sites for hydroxylation is 1. The third-order valence-corrected chi connectivity index (χ3v) is 1.67. The first-order chi connectivity index (χ1) is 5.09. The number of nitrogens with two attached hydrogens (primary N) is 1. The van der Waals surface area contributed by atoms with Gasteiger partial charge in [-0.3, -0.25) is 0 Å². The molecular formula is C6H9IN4. The molecule has 60 valence electrons. The van der Waals surface area contributed by atoms with Crippen LogP contribution in [0.1, 0.15) is 5.69 Å². The summed E-state index contributed by atoms with van der Waals surface area (Å²) >= 11 is 2.13. The van der Waals surface area contributed by atoms with Crippen molar-refractivity contribution in [1.29, 1.82) is 0 Å². The van der Waals surface area contributed by atoms with Crippen LogP contribution in [-0.4, -0.2) is 17.0 Å². The predicted octanol–water partition coefficient (Wildman–Crippen LogP) is 1.15. The van der Waals surface area contributed by atoms with E-state index in [1.165, 1.54) is 0 Å². The van der Waals surface area contributed by atoms with Gasteiger partial charge in [0.1, 0.15) is 5.82 Å². The van der Waals surface area contributed by atoms with Gasteiger partial charge in [-0.15, -0.1) is 0 Å². The van der Waals surface area contributed by atoms with Crippen LogP contribution in [0.15, 0.2) is 6.07 Å². The molecule has 0 bridgehead atoms. The highest BCUT2D eigenvalue weighted by Gasteiger charge is 2.00. The number of hydrogen-bond donors (Lipinski definition) is 1. The molecule has 4 nitrogen and oxygen atoms in total. The summed E-state index contributed by atoms with van der Waals surface area (Å²) in [5.74, 6) is 1.15. The van der Waals surface area contributed by atoms with Crippen LogP contribution < -0.4 is 8.85 Å². The first-order valence-electron chi connectivity index (χ1n) is 3.10. The molecule has 0 amide bonds. The smallest absolute Gasteiger partial charge is 0.222 e. The molecule has 0 fully saturated rings. The SMILES string of the molecule is Cc1cc(N(C)I)nc(N)n1. The molecule has 0 spiro atoms. The van der Waals surface area contributed by atoms with Gasteiger partial charge < -0.3 is 8.85 Å². The molecule has 1 aromatic rings. The monoisotopic (exact) mass is 264 g/mol. The van der Waals surface area contributed by atoms with Crippen molar-refractivity contribution >= 4 is 34.6 Å². The van der Waals surface area contributed by atoms with Gasteiger partial charge >= 0.3 is 0 Å². The second-order valence-electron chi connectivity index (χ2n) is 2.20. The quantitative estimate of drug-likeness (QED) is 0.610. The molecule has 0 saturated heterocycles. The number of rotatable bonds is 1. The van der Waals surface area contributed by atoms with Crippen molar-refractivity contribution in [3.8, 4) is 0 Å². The molecule has 0 radical (unpaired) electrons. The van der Waals surface area contributed by atoms with E-state index in [-0.39, 0.29) is 0 Å². The van der Waals surface area contributed by atoms with Gasteiger partial charge in [-0.2, -0.15) is 4.98 Å². The van der Waals surface area contributed by atoms with E-state index in [9.17, 15) is 0 Å². The summed E-state index contributed by atoms with van der Waals surface area (Å²) in [5.41, 5.74) is 6.33. The summed E-state index contributed by atoms with van der Waals surface area (Å²) in [6.45, 7) is 1.89. The molecule has 2 N–H and O–H groups in total. The fourth-order valence-electron chi connectivity index (χ4n) is 0.732. The average molecular weight is 264 g/mol. The fraction of sp³-hybridized carbons (Fsp3) is 0.333. The van der Waals surface area contributed by atoms with Crippen molar-refractivity contribution in [2.45, 2.75) is 6.92 Å². The summed E-state index contributed by atoms with van der Waals surface area (Å²) in [6, 6.07) is 1.88. The van der Waals surface area contributed by atoms with Crippen LogP contribution in [0.4, 0.5) is 11.8 Å². The lowest BCUT2D eigenvalue weighted by atomic mass is 10.4. The maximum absolute atomic E-state index is 5.44. The normalized spacial score (nSPS) is 9.73. The zero-order valence-corrected chi connectivity index (χ0v) is 8.53. The average Bonchev–Trinajstić information content (AvgIpc) is 1.85. The lowest BCUT2D eigenvalue weighted by molar-refractivity contribution is 1.10. The number of nitrogen functional groups attached to an aromatic ring is 1. The van der Waals surface area contributed by atoms with E-state index < -0.39 is 0 Å². The molecule has 0 unspecified atom stereocenters. The number of aromatic nitrogens is 2. The minimum absolute atomic E-state index is 0.323. The van der Waals surface area contributed by atoms with Crippen LogP contribution in [0.5, 0.6) is 0 Å². The zero-order chi connectivity index (χ0) is 8.43. The summed E-state index contributed by atoms with van der Waals surface area (Å²) in [6.07, 6.45) is 0. The maximum Gasteiger partial charge on any atom is 0.222 e. The van der Waals surface area contributed by atoms with Crippen LogP contribution in [0.3, 0.4) is 0 Å². The van der Waals surface area contributed by atoms with Crippen molar-refractivity contribution in [1.82, 2.24) is 9.97 Å².